The molecule has 14 heavy (non-hydrogen) atoms. The van der Waals surface area contributed by atoms with Crippen LogP contribution in [-0.4, -0.2) is 5.16 Å². The van der Waals surface area contributed by atoms with Crippen molar-refractivity contribution in [2.75, 3.05) is 5.73 Å². The van der Waals surface area contributed by atoms with Crippen LogP contribution in [0, 0.1) is 5.92 Å². The van der Waals surface area contributed by atoms with E-state index < -0.39 is 0 Å². The molecule has 3 nitrogen and oxygen atoms in total. The van der Waals surface area contributed by atoms with Crippen LogP contribution >= 0.6 is 0 Å². The summed E-state index contributed by atoms with van der Waals surface area (Å²) in [5.41, 5.74) is 6.43. The standard InChI is InChI=1S/C11H20N2O/c1-3-5-9(4-2)6-7-10-8-11(12)14-13-10/h8-9H,3-7,12H2,1-2H3. The molecule has 0 spiro atoms. The lowest BCUT2D eigenvalue weighted by Crippen LogP contribution is -2.00. The minimum atomic E-state index is 0.420. The number of aryl methyl sites for hydroxylation is 1. The Morgan fingerprint density at radius 3 is 2.71 bits per heavy atom. The molecule has 1 aromatic rings. The predicted octanol–water partition coefficient (Wildman–Crippen LogP) is 3.02. The van der Waals surface area contributed by atoms with Gasteiger partial charge in [-0.25, -0.2) is 0 Å². The number of rotatable bonds is 6. The maximum absolute atomic E-state index is 5.45. The Bertz CT molecular complexity index is 258. The van der Waals surface area contributed by atoms with Crippen molar-refractivity contribution in [1.82, 2.24) is 5.16 Å². The van der Waals surface area contributed by atoms with E-state index in [4.69, 9.17) is 10.3 Å². The van der Waals surface area contributed by atoms with E-state index in [2.05, 4.69) is 19.0 Å². The van der Waals surface area contributed by atoms with E-state index in [1.807, 2.05) is 6.07 Å². The van der Waals surface area contributed by atoms with Gasteiger partial charge in [0, 0.05) is 6.07 Å². The SMILES string of the molecule is CCCC(CC)CCc1cc(N)on1. The van der Waals surface area contributed by atoms with Crippen LogP contribution in [0.2, 0.25) is 0 Å². The van der Waals surface area contributed by atoms with E-state index in [9.17, 15) is 0 Å². The molecule has 1 rings (SSSR count). The minimum Gasteiger partial charge on any atom is -0.368 e. The monoisotopic (exact) mass is 196 g/mol. The van der Waals surface area contributed by atoms with Crippen LogP contribution < -0.4 is 5.73 Å². The molecule has 0 amide bonds. The van der Waals surface area contributed by atoms with Crippen LogP contribution in [0.4, 0.5) is 5.88 Å². The van der Waals surface area contributed by atoms with Gasteiger partial charge in [0.05, 0.1) is 5.69 Å². The zero-order valence-corrected chi connectivity index (χ0v) is 9.12. The molecule has 2 N–H and O–H groups in total. The van der Waals surface area contributed by atoms with Gasteiger partial charge in [-0.2, -0.15) is 0 Å². The molecular weight excluding hydrogens is 176 g/mol. The van der Waals surface area contributed by atoms with E-state index in [0.29, 0.717) is 5.88 Å². The van der Waals surface area contributed by atoms with Gasteiger partial charge in [0.25, 0.3) is 0 Å². The molecule has 0 fully saturated rings. The number of nitrogens with zero attached hydrogens (tertiary/aromatic N) is 1. The van der Waals surface area contributed by atoms with Gasteiger partial charge in [-0.3, -0.25) is 0 Å². The Kier molecular flexibility index (Phi) is 4.50. The van der Waals surface area contributed by atoms with Crippen LogP contribution in [0.25, 0.3) is 0 Å². The summed E-state index contributed by atoms with van der Waals surface area (Å²) in [6, 6.07) is 1.82. The quantitative estimate of drug-likeness (QED) is 0.760. The fourth-order valence-electron chi connectivity index (χ4n) is 1.76. The molecule has 0 bridgehead atoms. The average molecular weight is 196 g/mol. The number of hydrogen-bond donors (Lipinski definition) is 1. The fourth-order valence-corrected chi connectivity index (χ4v) is 1.76. The number of nitrogen functional groups attached to an aromatic ring is 1. The van der Waals surface area contributed by atoms with Crippen LogP contribution in [0.5, 0.6) is 0 Å². The highest BCUT2D eigenvalue weighted by Crippen LogP contribution is 2.18. The summed E-state index contributed by atoms with van der Waals surface area (Å²) in [5.74, 6) is 1.24. The molecule has 80 valence electrons. The minimum absolute atomic E-state index is 0.420. The second kappa shape index (κ2) is 5.68. The third kappa shape index (κ3) is 3.40. The van der Waals surface area contributed by atoms with E-state index in [-0.39, 0.29) is 0 Å². The zero-order valence-electron chi connectivity index (χ0n) is 9.12. The number of anilines is 1. The molecule has 0 radical (unpaired) electrons. The van der Waals surface area contributed by atoms with Gasteiger partial charge in [-0.1, -0.05) is 38.3 Å². The lowest BCUT2D eigenvalue weighted by atomic mass is 9.95. The second-order valence-corrected chi connectivity index (χ2v) is 3.82. The van der Waals surface area contributed by atoms with Crippen molar-refractivity contribution in [3.05, 3.63) is 11.8 Å². The van der Waals surface area contributed by atoms with E-state index >= 15 is 0 Å². The zero-order chi connectivity index (χ0) is 10.4. The molecule has 1 unspecified atom stereocenters. The summed E-state index contributed by atoms with van der Waals surface area (Å²) in [5, 5.41) is 3.88. The van der Waals surface area contributed by atoms with Crippen molar-refractivity contribution in [3.8, 4) is 0 Å². The summed E-state index contributed by atoms with van der Waals surface area (Å²) >= 11 is 0. The Hall–Kier alpha value is -0.990. The third-order valence-corrected chi connectivity index (χ3v) is 2.66. The highest BCUT2D eigenvalue weighted by molar-refractivity contribution is 5.24. The van der Waals surface area contributed by atoms with Crippen molar-refractivity contribution >= 4 is 5.88 Å². The Morgan fingerprint density at radius 1 is 1.43 bits per heavy atom. The lowest BCUT2D eigenvalue weighted by molar-refractivity contribution is 0.405. The van der Waals surface area contributed by atoms with Gasteiger partial charge in [-0.15, -0.1) is 0 Å². The van der Waals surface area contributed by atoms with E-state index in [0.717, 1.165) is 18.0 Å². The number of nitrogens with two attached hydrogens (primary N) is 1. The number of aromatic nitrogens is 1. The molecule has 0 aliphatic carbocycles. The van der Waals surface area contributed by atoms with E-state index in [1.54, 1.807) is 0 Å². The molecule has 0 aliphatic rings. The third-order valence-electron chi connectivity index (χ3n) is 2.66. The maximum atomic E-state index is 5.45. The molecule has 0 aromatic carbocycles. The molecule has 0 saturated carbocycles. The van der Waals surface area contributed by atoms with Gasteiger partial charge >= 0.3 is 0 Å². The summed E-state index contributed by atoms with van der Waals surface area (Å²) < 4.78 is 4.82. The smallest absolute Gasteiger partial charge is 0.222 e. The lowest BCUT2D eigenvalue weighted by Gasteiger charge is -2.11. The van der Waals surface area contributed by atoms with Crippen LogP contribution in [0.3, 0.4) is 0 Å². The summed E-state index contributed by atoms with van der Waals surface area (Å²) in [6.07, 6.45) is 6.00. The molecular formula is C11H20N2O. The number of hydrogen-bond acceptors (Lipinski definition) is 3. The topological polar surface area (TPSA) is 52.0 Å². The van der Waals surface area contributed by atoms with E-state index in [1.165, 1.54) is 25.7 Å². The van der Waals surface area contributed by atoms with Crippen LogP contribution in [0.1, 0.15) is 45.2 Å². The summed E-state index contributed by atoms with van der Waals surface area (Å²) in [7, 11) is 0. The normalized spacial score (nSPS) is 13.0. The van der Waals surface area contributed by atoms with Crippen molar-refractivity contribution in [2.45, 2.75) is 46.0 Å². The fraction of sp³-hybridized carbons (Fsp3) is 0.727. The molecule has 3 heteroatoms. The molecule has 0 saturated heterocycles. The Balaban J connectivity index is 2.31. The molecule has 1 atom stereocenters. The van der Waals surface area contributed by atoms with Crippen molar-refractivity contribution in [1.29, 1.82) is 0 Å². The van der Waals surface area contributed by atoms with Crippen LogP contribution in [-0.2, 0) is 6.42 Å². The van der Waals surface area contributed by atoms with Gasteiger partial charge in [-0.05, 0) is 18.8 Å². The van der Waals surface area contributed by atoms with Gasteiger partial charge in [0.1, 0.15) is 0 Å². The Morgan fingerprint density at radius 2 is 2.21 bits per heavy atom. The van der Waals surface area contributed by atoms with Crippen molar-refractivity contribution in [3.63, 3.8) is 0 Å². The first-order valence-electron chi connectivity index (χ1n) is 5.47. The molecule has 1 heterocycles. The van der Waals surface area contributed by atoms with Gasteiger partial charge in [0.15, 0.2) is 0 Å². The average Bonchev–Trinajstić information content (AvgIpc) is 2.59. The highest BCUT2D eigenvalue weighted by atomic mass is 16.5. The van der Waals surface area contributed by atoms with Crippen molar-refractivity contribution in [2.24, 2.45) is 5.92 Å². The first-order chi connectivity index (χ1) is 6.76. The second-order valence-electron chi connectivity index (χ2n) is 3.82. The first-order valence-corrected chi connectivity index (χ1v) is 5.47. The van der Waals surface area contributed by atoms with Gasteiger partial charge < -0.3 is 10.3 Å². The highest BCUT2D eigenvalue weighted by Gasteiger charge is 2.07. The predicted molar refractivity (Wildman–Crippen MR) is 57.9 cm³/mol. The first kappa shape index (κ1) is 11.1. The molecule has 0 aliphatic heterocycles. The largest absolute Gasteiger partial charge is 0.368 e. The van der Waals surface area contributed by atoms with Gasteiger partial charge in [0.2, 0.25) is 5.88 Å². The summed E-state index contributed by atoms with van der Waals surface area (Å²) in [4.78, 5) is 0. The van der Waals surface area contributed by atoms with Crippen LogP contribution in [0.15, 0.2) is 10.6 Å². The molecule has 1 aromatic heterocycles. The Labute approximate surface area is 85.7 Å². The maximum Gasteiger partial charge on any atom is 0.222 e. The van der Waals surface area contributed by atoms with Crippen molar-refractivity contribution < 1.29 is 4.52 Å². The summed E-state index contributed by atoms with van der Waals surface area (Å²) in [6.45, 7) is 4.48.